The second-order valence-corrected chi connectivity index (χ2v) is 8.29. The van der Waals surface area contributed by atoms with Crippen molar-refractivity contribution < 1.29 is 14.6 Å². The van der Waals surface area contributed by atoms with Gasteiger partial charge in [-0.3, -0.25) is 4.90 Å². The van der Waals surface area contributed by atoms with Gasteiger partial charge in [-0.15, -0.1) is 0 Å². The summed E-state index contributed by atoms with van der Waals surface area (Å²) in [4.78, 5) is 16.9. The molecule has 3 aliphatic rings. The first-order valence-corrected chi connectivity index (χ1v) is 9.26. The molecule has 138 valence electrons. The first-order valence-electron chi connectivity index (χ1n) is 9.26. The molecular formula is C20H30N2O3. The summed E-state index contributed by atoms with van der Waals surface area (Å²) in [5, 5.41) is 9.96. The van der Waals surface area contributed by atoms with Crippen LogP contribution >= 0.6 is 0 Å². The lowest BCUT2D eigenvalue weighted by atomic mass is 9.89. The van der Waals surface area contributed by atoms with E-state index in [1.165, 1.54) is 5.56 Å². The summed E-state index contributed by atoms with van der Waals surface area (Å²) in [6.07, 6.45) is 1.82. The van der Waals surface area contributed by atoms with E-state index in [4.69, 9.17) is 4.74 Å². The molecule has 0 unspecified atom stereocenters. The lowest BCUT2D eigenvalue weighted by Gasteiger charge is -2.36. The molecule has 0 aromatic heterocycles. The van der Waals surface area contributed by atoms with E-state index in [0.29, 0.717) is 18.5 Å². The molecular weight excluding hydrogens is 316 g/mol. The van der Waals surface area contributed by atoms with Crippen LogP contribution in [-0.2, 0) is 11.3 Å². The Hall–Kier alpha value is -1.59. The van der Waals surface area contributed by atoms with Crippen LogP contribution in [0.3, 0.4) is 0 Å². The van der Waals surface area contributed by atoms with E-state index in [2.05, 4.69) is 29.2 Å². The molecule has 3 saturated heterocycles. The largest absolute Gasteiger partial charge is 0.444 e. The number of piperidine rings is 1. The molecule has 3 heterocycles. The normalized spacial score (nSPS) is 27.2. The Morgan fingerprint density at radius 1 is 1.20 bits per heavy atom. The fourth-order valence-electron chi connectivity index (χ4n) is 4.06. The van der Waals surface area contributed by atoms with Crippen molar-refractivity contribution in [2.24, 2.45) is 5.92 Å². The molecule has 5 nitrogen and oxygen atoms in total. The number of rotatable bonds is 3. The number of carbonyl (C=O) groups excluding carboxylic acids is 1. The fraction of sp³-hybridized carbons (Fsp3) is 0.650. The van der Waals surface area contributed by atoms with Crippen LogP contribution in [-0.4, -0.2) is 58.4 Å². The predicted molar refractivity (Wildman–Crippen MR) is 97.2 cm³/mol. The number of carbonyl (C=O) groups is 1. The molecule has 0 saturated carbocycles. The van der Waals surface area contributed by atoms with Gasteiger partial charge < -0.3 is 14.7 Å². The van der Waals surface area contributed by atoms with E-state index >= 15 is 0 Å². The number of hydrogen-bond donors (Lipinski definition) is 1. The minimum absolute atomic E-state index is 0.00416. The van der Waals surface area contributed by atoms with Gasteiger partial charge >= 0.3 is 6.09 Å². The Kier molecular flexibility index (Phi) is 5.35. The maximum atomic E-state index is 12.7. The molecule has 3 fully saturated rings. The first kappa shape index (κ1) is 18.2. The Morgan fingerprint density at radius 2 is 1.92 bits per heavy atom. The van der Waals surface area contributed by atoms with E-state index in [9.17, 15) is 9.90 Å². The summed E-state index contributed by atoms with van der Waals surface area (Å²) in [5.74, 6) is 0.292. The number of aliphatic hydroxyl groups excluding tert-OH is 1. The van der Waals surface area contributed by atoms with Crippen LogP contribution in [0.4, 0.5) is 4.79 Å². The average Bonchev–Trinajstić information content (AvgIpc) is 2.82. The molecule has 4 rings (SSSR count). The average molecular weight is 346 g/mol. The van der Waals surface area contributed by atoms with E-state index in [0.717, 1.165) is 25.9 Å². The molecule has 0 spiro atoms. The highest BCUT2D eigenvalue weighted by molar-refractivity contribution is 5.69. The zero-order chi connectivity index (χ0) is 18.0. The highest BCUT2D eigenvalue weighted by Crippen LogP contribution is 2.34. The van der Waals surface area contributed by atoms with Crippen molar-refractivity contribution in [3.63, 3.8) is 0 Å². The summed E-state index contributed by atoms with van der Waals surface area (Å²) in [5.41, 5.74) is 0.769. The Balaban J connectivity index is 1.77. The van der Waals surface area contributed by atoms with Crippen molar-refractivity contribution in [2.75, 3.05) is 19.7 Å². The van der Waals surface area contributed by atoms with Crippen molar-refractivity contribution in [3.8, 4) is 0 Å². The monoisotopic (exact) mass is 346 g/mol. The third kappa shape index (κ3) is 4.33. The van der Waals surface area contributed by atoms with Gasteiger partial charge in [-0.2, -0.15) is 0 Å². The zero-order valence-corrected chi connectivity index (χ0v) is 15.5. The molecule has 0 radical (unpaired) electrons. The van der Waals surface area contributed by atoms with Gasteiger partial charge in [0, 0.05) is 25.7 Å². The van der Waals surface area contributed by atoms with E-state index in [1.54, 1.807) is 4.90 Å². The Labute approximate surface area is 150 Å². The molecule has 1 N–H and O–H groups in total. The second-order valence-electron chi connectivity index (χ2n) is 8.29. The highest BCUT2D eigenvalue weighted by atomic mass is 16.6. The standard InChI is InChI=1S/C20H30N2O3/c1-20(2,3)25-19(24)22-13-17-10-9-16(18(22)14-23)12-21(17)11-15-7-5-4-6-8-15/h4-8,16-18,23H,9-14H2,1-3H3/t16-,17-,18-/m1/s1. The van der Waals surface area contributed by atoms with E-state index in [-0.39, 0.29) is 18.7 Å². The van der Waals surface area contributed by atoms with Gasteiger partial charge in [0.25, 0.3) is 0 Å². The molecule has 2 bridgehead atoms. The summed E-state index contributed by atoms with van der Waals surface area (Å²) in [6, 6.07) is 10.6. The second kappa shape index (κ2) is 7.34. The molecule has 3 atom stereocenters. The lowest BCUT2D eigenvalue weighted by molar-refractivity contribution is 0.00538. The van der Waals surface area contributed by atoms with Gasteiger partial charge in [-0.25, -0.2) is 4.79 Å². The fourth-order valence-corrected chi connectivity index (χ4v) is 4.06. The van der Waals surface area contributed by atoms with Crippen LogP contribution in [0.15, 0.2) is 30.3 Å². The molecule has 1 aromatic rings. The molecule has 1 aromatic carbocycles. The number of fused-ring (bicyclic) bond motifs is 4. The molecule has 5 heteroatoms. The summed E-state index contributed by atoms with van der Waals surface area (Å²) in [7, 11) is 0. The number of ether oxygens (including phenoxy) is 1. The number of nitrogens with zero attached hydrogens (tertiary/aromatic N) is 2. The first-order chi connectivity index (χ1) is 11.9. The molecule has 3 aliphatic heterocycles. The van der Waals surface area contributed by atoms with Crippen LogP contribution in [0.5, 0.6) is 0 Å². The van der Waals surface area contributed by atoms with Crippen LogP contribution in [0, 0.1) is 5.92 Å². The van der Waals surface area contributed by atoms with Crippen molar-refractivity contribution >= 4 is 6.09 Å². The maximum absolute atomic E-state index is 12.7. The van der Waals surface area contributed by atoms with Gasteiger partial charge in [0.05, 0.1) is 12.6 Å². The number of hydrogen-bond acceptors (Lipinski definition) is 4. The predicted octanol–water partition coefficient (Wildman–Crippen LogP) is 2.88. The van der Waals surface area contributed by atoms with E-state index in [1.807, 2.05) is 26.8 Å². The SMILES string of the molecule is CC(C)(C)OC(=O)N1C[C@H]2CC[C@H](CN2Cc2ccccc2)[C@H]1CO. The summed E-state index contributed by atoms with van der Waals surface area (Å²) >= 11 is 0. The number of aliphatic hydroxyl groups is 1. The highest BCUT2D eigenvalue weighted by Gasteiger charge is 2.43. The van der Waals surface area contributed by atoms with Crippen molar-refractivity contribution in [3.05, 3.63) is 35.9 Å². The third-order valence-electron chi connectivity index (χ3n) is 5.25. The topological polar surface area (TPSA) is 53.0 Å². The zero-order valence-electron chi connectivity index (χ0n) is 15.5. The quantitative estimate of drug-likeness (QED) is 0.914. The molecule has 0 aliphatic carbocycles. The number of amides is 1. The van der Waals surface area contributed by atoms with Gasteiger partial charge in [-0.05, 0) is 45.1 Å². The summed E-state index contributed by atoms with van der Waals surface area (Å²) < 4.78 is 5.60. The van der Waals surface area contributed by atoms with Gasteiger partial charge in [-0.1, -0.05) is 30.3 Å². The van der Waals surface area contributed by atoms with Crippen LogP contribution in [0.2, 0.25) is 0 Å². The van der Waals surface area contributed by atoms with Gasteiger partial charge in [0.1, 0.15) is 5.60 Å². The van der Waals surface area contributed by atoms with Crippen molar-refractivity contribution in [1.82, 2.24) is 9.80 Å². The van der Waals surface area contributed by atoms with Crippen molar-refractivity contribution in [1.29, 1.82) is 0 Å². The third-order valence-corrected chi connectivity index (χ3v) is 5.25. The molecule has 25 heavy (non-hydrogen) atoms. The Bertz CT molecular complexity index is 584. The van der Waals surface area contributed by atoms with Crippen LogP contribution in [0.1, 0.15) is 39.2 Å². The maximum Gasteiger partial charge on any atom is 0.410 e. The Morgan fingerprint density at radius 3 is 2.56 bits per heavy atom. The van der Waals surface area contributed by atoms with Crippen LogP contribution in [0.25, 0.3) is 0 Å². The van der Waals surface area contributed by atoms with Gasteiger partial charge in [0.2, 0.25) is 0 Å². The smallest absolute Gasteiger partial charge is 0.410 e. The molecule has 1 amide bonds. The van der Waals surface area contributed by atoms with E-state index < -0.39 is 5.60 Å². The van der Waals surface area contributed by atoms with Crippen molar-refractivity contribution in [2.45, 2.75) is 57.8 Å². The minimum atomic E-state index is -0.522. The lowest BCUT2D eigenvalue weighted by Crippen LogP contribution is -2.48. The van der Waals surface area contributed by atoms with Crippen LogP contribution < -0.4 is 0 Å². The number of benzene rings is 1. The van der Waals surface area contributed by atoms with Gasteiger partial charge in [0.15, 0.2) is 0 Å². The summed E-state index contributed by atoms with van der Waals surface area (Å²) in [6.45, 7) is 8.08. The minimum Gasteiger partial charge on any atom is -0.444 e.